The Bertz CT molecular complexity index is 458. The number of halogens is 1. The number of nitrogens with one attached hydrogen (secondary N) is 1. The van der Waals surface area contributed by atoms with Crippen LogP contribution in [0.4, 0.5) is 5.82 Å². The second-order valence-electron chi connectivity index (χ2n) is 5.11. The molecule has 104 valence electrons. The molecule has 0 spiro atoms. The molecule has 0 atom stereocenters. The van der Waals surface area contributed by atoms with E-state index in [4.69, 9.17) is 11.6 Å². The molecule has 4 nitrogen and oxygen atoms in total. The zero-order valence-corrected chi connectivity index (χ0v) is 12.2. The third-order valence-corrected chi connectivity index (χ3v) is 3.96. The van der Waals surface area contributed by atoms with Gasteiger partial charge in [-0.15, -0.1) is 0 Å². The Morgan fingerprint density at radius 2 is 2.16 bits per heavy atom. The van der Waals surface area contributed by atoms with E-state index in [1.165, 1.54) is 25.7 Å². The molecule has 0 bridgehead atoms. The minimum Gasteiger partial charge on any atom is -0.373 e. The fourth-order valence-electron chi connectivity index (χ4n) is 2.58. The van der Waals surface area contributed by atoms with E-state index in [-0.39, 0.29) is 5.91 Å². The largest absolute Gasteiger partial charge is 0.373 e. The lowest BCUT2D eigenvalue weighted by Crippen LogP contribution is -2.32. The van der Waals surface area contributed by atoms with Gasteiger partial charge in [-0.05, 0) is 30.9 Å². The SMILES string of the molecule is CNc1ccc(Cl)c(C(=O)N(C)CC2CCCC2)n1. The van der Waals surface area contributed by atoms with Crippen LogP contribution in [0.25, 0.3) is 0 Å². The number of pyridine rings is 1. The summed E-state index contributed by atoms with van der Waals surface area (Å²) in [5, 5.41) is 3.33. The van der Waals surface area contributed by atoms with Gasteiger partial charge in [-0.1, -0.05) is 24.4 Å². The van der Waals surface area contributed by atoms with Crippen molar-refractivity contribution in [1.82, 2.24) is 9.88 Å². The summed E-state index contributed by atoms with van der Waals surface area (Å²) in [5.74, 6) is 1.18. The number of hydrogen-bond donors (Lipinski definition) is 1. The highest BCUT2D eigenvalue weighted by atomic mass is 35.5. The van der Waals surface area contributed by atoms with E-state index in [1.54, 1.807) is 24.1 Å². The number of nitrogens with zero attached hydrogens (tertiary/aromatic N) is 2. The first-order valence-corrected chi connectivity index (χ1v) is 7.09. The van der Waals surface area contributed by atoms with E-state index in [2.05, 4.69) is 10.3 Å². The molecule has 1 saturated carbocycles. The van der Waals surface area contributed by atoms with Gasteiger partial charge in [0.2, 0.25) is 0 Å². The Morgan fingerprint density at radius 1 is 1.47 bits per heavy atom. The molecule has 1 N–H and O–H groups in total. The smallest absolute Gasteiger partial charge is 0.273 e. The molecule has 2 rings (SSSR count). The highest BCUT2D eigenvalue weighted by Gasteiger charge is 2.22. The van der Waals surface area contributed by atoms with Crippen LogP contribution >= 0.6 is 11.6 Å². The van der Waals surface area contributed by atoms with E-state index >= 15 is 0 Å². The summed E-state index contributed by atoms with van der Waals surface area (Å²) < 4.78 is 0. The number of anilines is 1. The van der Waals surface area contributed by atoms with Gasteiger partial charge in [0.25, 0.3) is 5.91 Å². The van der Waals surface area contributed by atoms with Crippen LogP contribution in [0.5, 0.6) is 0 Å². The lowest BCUT2D eigenvalue weighted by Gasteiger charge is -2.21. The standard InChI is InChI=1S/C14H20ClN3O/c1-16-12-8-7-11(15)13(17-12)14(19)18(2)9-10-5-3-4-6-10/h7-8,10H,3-6,9H2,1-2H3,(H,16,17). The number of carbonyl (C=O) groups excluding carboxylic acids is 1. The zero-order valence-electron chi connectivity index (χ0n) is 11.4. The Morgan fingerprint density at radius 3 is 2.79 bits per heavy atom. The fraction of sp³-hybridized carbons (Fsp3) is 0.571. The first-order valence-electron chi connectivity index (χ1n) is 6.71. The maximum Gasteiger partial charge on any atom is 0.273 e. The van der Waals surface area contributed by atoms with Gasteiger partial charge in [0.15, 0.2) is 0 Å². The van der Waals surface area contributed by atoms with Gasteiger partial charge in [-0.3, -0.25) is 4.79 Å². The second kappa shape index (κ2) is 6.24. The Kier molecular flexibility index (Phi) is 4.64. The molecule has 0 aromatic carbocycles. The van der Waals surface area contributed by atoms with E-state index in [9.17, 15) is 4.79 Å². The van der Waals surface area contributed by atoms with Crippen molar-refractivity contribution >= 4 is 23.3 Å². The molecule has 1 heterocycles. The minimum atomic E-state index is -0.103. The van der Waals surface area contributed by atoms with Crippen molar-refractivity contribution in [2.45, 2.75) is 25.7 Å². The second-order valence-corrected chi connectivity index (χ2v) is 5.52. The number of amides is 1. The molecule has 1 aliphatic rings. The normalized spacial score (nSPS) is 15.5. The van der Waals surface area contributed by atoms with Crippen LogP contribution in [0.3, 0.4) is 0 Å². The monoisotopic (exact) mass is 281 g/mol. The van der Waals surface area contributed by atoms with Gasteiger partial charge in [-0.2, -0.15) is 0 Å². The van der Waals surface area contributed by atoms with E-state index in [1.807, 2.05) is 7.05 Å². The summed E-state index contributed by atoms with van der Waals surface area (Å²) >= 11 is 6.07. The van der Waals surface area contributed by atoms with Crippen LogP contribution in [-0.4, -0.2) is 36.4 Å². The van der Waals surface area contributed by atoms with Crippen LogP contribution in [0.2, 0.25) is 5.02 Å². The van der Waals surface area contributed by atoms with Gasteiger partial charge in [0.1, 0.15) is 11.5 Å². The lowest BCUT2D eigenvalue weighted by atomic mass is 10.1. The van der Waals surface area contributed by atoms with Crippen molar-refractivity contribution in [1.29, 1.82) is 0 Å². The highest BCUT2D eigenvalue weighted by Crippen LogP contribution is 2.26. The van der Waals surface area contributed by atoms with E-state index in [0.717, 1.165) is 6.54 Å². The molecule has 19 heavy (non-hydrogen) atoms. The van der Waals surface area contributed by atoms with Crippen LogP contribution in [0.1, 0.15) is 36.2 Å². The summed E-state index contributed by atoms with van der Waals surface area (Å²) in [4.78, 5) is 18.4. The van der Waals surface area contributed by atoms with Crippen molar-refractivity contribution < 1.29 is 4.79 Å². The van der Waals surface area contributed by atoms with E-state index in [0.29, 0.717) is 22.5 Å². The van der Waals surface area contributed by atoms with Gasteiger partial charge in [0, 0.05) is 20.6 Å². The molecule has 0 radical (unpaired) electrons. The third kappa shape index (κ3) is 3.38. The topological polar surface area (TPSA) is 45.2 Å². The molecule has 1 aromatic rings. The molecule has 1 fully saturated rings. The van der Waals surface area contributed by atoms with Crippen LogP contribution in [-0.2, 0) is 0 Å². The molecule has 1 aromatic heterocycles. The Balaban J connectivity index is 2.09. The number of rotatable bonds is 4. The summed E-state index contributed by atoms with van der Waals surface area (Å²) in [6.07, 6.45) is 4.99. The van der Waals surface area contributed by atoms with Crippen LogP contribution < -0.4 is 5.32 Å². The summed E-state index contributed by atoms with van der Waals surface area (Å²) in [6, 6.07) is 3.47. The van der Waals surface area contributed by atoms with Crippen molar-refractivity contribution in [2.24, 2.45) is 5.92 Å². The van der Waals surface area contributed by atoms with Gasteiger partial charge in [-0.25, -0.2) is 4.98 Å². The third-order valence-electron chi connectivity index (χ3n) is 3.66. The van der Waals surface area contributed by atoms with Crippen molar-refractivity contribution in [3.8, 4) is 0 Å². The molecule has 0 unspecified atom stereocenters. The lowest BCUT2D eigenvalue weighted by molar-refractivity contribution is 0.0768. The van der Waals surface area contributed by atoms with Crippen LogP contribution in [0, 0.1) is 5.92 Å². The van der Waals surface area contributed by atoms with E-state index < -0.39 is 0 Å². The average molecular weight is 282 g/mol. The van der Waals surface area contributed by atoms with Crippen molar-refractivity contribution in [3.63, 3.8) is 0 Å². The first-order chi connectivity index (χ1) is 9.11. The molecule has 1 amide bonds. The average Bonchev–Trinajstić information content (AvgIpc) is 2.91. The van der Waals surface area contributed by atoms with Crippen molar-refractivity contribution in [2.75, 3.05) is 26.0 Å². The Hall–Kier alpha value is -1.29. The highest BCUT2D eigenvalue weighted by molar-refractivity contribution is 6.33. The summed E-state index contributed by atoms with van der Waals surface area (Å²) in [6.45, 7) is 0.792. The molecular weight excluding hydrogens is 262 g/mol. The fourth-order valence-corrected chi connectivity index (χ4v) is 2.76. The Labute approximate surface area is 119 Å². The van der Waals surface area contributed by atoms with Crippen LogP contribution in [0.15, 0.2) is 12.1 Å². The number of hydrogen-bond acceptors (Lipinski definition) is 3. The maximum atomic E-state index is 12.4. The number of carbonyl (C=O) groups is 1. The molecule has 5 heteroatoms. The first kappa shape index (κ1) is 14.1. The summed E-state index contributed by atoms with van der Waals surface area (Å²) in [7, 11) is 3.59. The summed E-state index contributed by atoms with van der Waals surface area (Å²) in [5.41, 5.74) is 0.328. The van der Waals surface area contributed by atoms with Gasteiger partial charge >= 0.3 is 0 Å². The molecule has 1 aliphatic carbocycles. The van der Waals surface area contributed by atoms with Gasteiger partial charge < -0.3 is 10.2 Å². The van der Waals surface area contributed by atoms with Gasteiger partial charge in [0.05, 0.1) is 5.02 Å². The minimum absolute atomic E-state index is 0.103. The maximum absolute atomic E-state index is 12.4. The van der Waals surface area contributed by atoms with Crippen molar-refractivity contribution in [3.05, 3.63) is 22.8 Å². The predicted molar refractivity (Wildman–Crippen MR) is 77.7 cm³/mol. The molecule has 0 aliphatic heterocycles. The predicted octanol–water partition coefficient (Wildman–Crippen LogP) is 3.04. The zero-order chi connectivity index (χ0) is 13.8. The molecular formula is C14H20ClN3O. The quantitative estimate of drug-likeness (QED) is 0.923. The number of aromatic nitrogens is 1. The molecule has 0 saturated heterocycles.